The molecule has 0 radical (unpaired) electrons. The van der Waals surface area contributed by atoms with E-state index in [-0.39, 0.29) is 17.4 Å². The van der Waals surface area contributed by atoms with Crippen LogP contribution in [0.3, 0.4) is 0 Å². The van der Waals surface area contributed by atoms with Crippen molar-refractivity contribution in [2.24, 2.45) is 0 Å². The maximum absolute atomic E-state index is 13.5. The van der Waals surface area contributed by atoms with Crippen molar-refractivity contribution in [1.82, 2.24) is 10.3 Å². The fourth-order valence-corrected chi connectivity index (χ4v) is 3.94. The molecular weight excluding hydrogens is 355 g/mol. The first-order valence-electron chi connectivity index (χ1n) is 9.89. The monoisotopic (exact) mass is 384 g/mol. The zero-order valence-corrected chi connectivity index (χ0v) is 16.9. The van der Waals surface area contributed by atoms with Gasteiger partial charge in [0, 0.05) is 30.3 Å². The standard InChI is InChI=1S/C22H29FN4O/c1-15-11-18(7-8-19(15)23)26-21(28)27-22(9-5-4-6-10-22)14-25-20-16(2)12-24-13-17(20)3/h7-8,11-13H,4-6,9-10,14H2,1-3H3,(H,24,25)(H2,26,27,28). The zero-order chi connectivity index (χ0) is 20.1. The number of aryl methyl sites for hydroxylation is 3. The highest BCUT2D eigenvalue weighted by Crippen LogP contribution is 2.30. The average molecular weight is 384 g/mol. The van der Waals surface area contributed by atoms with Crippen molar-refractivity contribution in [1.29, 1.82) is 0 Å². The number of amides is 2. The molecule has 3 rings (SSSR count). The van der Waals surface area contributed by atoms with Gasteiger partial charge in [-0.3, -0.25) is 4.98 Å². The van der Waals surface area contributed by atoms with E-state index in [1.807, 2.05) is 26.2 Å². The number of aromatic nitrogens is 1. The largest absolute Gasteiger partial charge is 0.382 e. The minimum atomic E-state index is -0.306. The maximum atomic E-state index is 13.5. The second kappa shape index (κ2) is 8.59. The number of carbonyl (C=O) groups excluding carboxylic acids is 1. The predicted octanol–water partition coefficient (Wildman–Crippen LogP) is 5.08. The van der Waals surface area contributed by atoms with E-state index in [9.17, 15) is 9.18 Å². The summed E-state index contributed by atoms with van der Waals surface area (Å²) in [6, 6.07) is 4.34. The van der Waals surface area contributed by atoms with Crippen LogP contribution in [0.15, 0.2) is 30.6 Å². The van der Waals surface area contributed by atoms with Gasteiger partial charge >= 0.3 is 6.03 Å². The lowest BCUT2D eigenvalue weighted by atomic mass is 9.81. The molecule has 150 valence electrons. The Kier molecular flexibility index (Phi) is 6.17. The SMILES string of the molecule is Cc1cc(NC(=O)NC2(CNc3c(C)cncc3C)CCCCC2)ccc1F. The van der Waals surface area contributed by atoms with Crippen LogP contribution >= 0.6 is 0 Å². The number of nitrogens with one attached hydrogen (secondary N) is 3. The Morgan fingerprint density at radius 3 is 2.39 bits per heavy atom. The van der Waals surface area contributed by atoms with Crippen LogP contribution < -0.4 is 16.0 Å². The minimum Gasteiger partial charge on any atom is -0.382 e. The number of carbonyl (C=O) groups is 1. The average Bonchev–Trinajstić information content (AvgIpc) is 2.65. The maximum Gasteiger partial charge on any atom is 0.319 e. The number of halogens is 1. The van der Waals surface area contributed by atoms with Crippen molar-refractivity contribution >= 4 is 17.4 Å². The summed E-state index contributed by atoms with van der Waals surface area (Å²) in [7, 11) is 0. The molecule has 28 heavy (non-hydrogen) atoms. The lowest BCUT2D eigenvalue weighted by Gasteiger charge is -2.38. The van der Waals surface area contributed by atoms with Crippen molar-refractivity contribution in [2.45, 2.75) is 58.4 Å². The molecule has 0 saturated heterocycles. The van der Waals surface area contributed by atoms with E-state index in [4.69, 9.17) is 0 Å². The Labute approximate surface area is 166 Å². The molecule has 2 aromatic rings. The first-order chi connectivity index (χ1) is 13.4. The Hall–Kier alpha value is -2.63. The van der Waals surface area contributed by atoms with Crippen molar-refractivity contribution in [3.05, 3.63) is 53.1 Å². The fraction of sp³-hybridized carbons (Fsp3) is 0.455. The summed E-state index contributed by atoms with van der Waals surface area (Å²) in [4.78, 5) is 16.9. The van der Waals surface area contributed by atoms with Gasteiger partial charge in [0.15, 0.2) is 0 Å². The van der Waals surface area contributed by atoms with E-state index in [1.165, 1.54) is 12.5 Å². The quantitative estimate of drug-likeness (QED) is 0.673. The van der Waals surface area contributed by atoms with Crippen LogP contribution in [0.1, 0.15) is 48.8 Å². The molecule has 1 aliphatic carbocycles. The molecule has 0 spiro atoms. The first-order valence-corrected chi connectivity index (χ1v) is 9.89. The van der Waals surface area contributed by atoms with Gasteiger partial charge in [0.2, 0.25) is 0 Å². The number of urea groups is 1. The summed E-state index contributed by atoms with van der Waals surface area (Å²) in [6.07, 6.45) is 8.92. The smallest absolute Gasteiger partial charge is 0.319 e. The molecule has 0 aliphatic heterocycles. The number of hydrogen-bond donors (Lipinski definition) is 3. The third-order valence-corrected chi connectivity index (χ3v) is 5.53. The van der Waals surface area contributed by atoms with Crippen molar-refractivity contribution in [3.63, 3.8) is 0 Å². The van der Waals surface area contributed by atoms with Gasteiger partial charge in [-0.2, -0.15) is 0 Å². The molecule has 2 amide bonds. The number of benzene rings is 1. The number of hydrogen-bond acceptors (Lipinski definition) is 3. The Bertz CT molecular complexity index is 826. The zero-order valence-electron chi connectivity index (χ0n) is 16.9. The third kappa shape index (κ3) is 4.80. The summed E-state index contributed by atoms with van der Waals surface area (Å²) in [6.45, 7) is 6.42. The molecule has 0 atom stereocenters. The second-order valence-electron chi connectivity index (χ2n) is 7.89. The topological polar surface area (TPSA) is 66.1 Å². The lowest BCUT2D eigenvalue weighted by Crippen LogP contribution is -2.55. The van der Waals surface area contributed by atoms with Crippen LogP contribution in [0.4, 0.5) is 20.6 Å². The second-order valence-corrected chi connectivity index (χ2v) is 7.89. The van der Waals surface area contributed by atoms with Crippen LogP contribution in [0.25, 0.3) is 0 Å². The van der Waals surface area contributed by atoms with Gasteiger partial charge in [-0.05, 0) is 68.5 Å². The number of nitrogens with zero attached hydrogens (tertiary/aromatic N) is 1. The molecule has 5 nitrogen and oxygen atoms in total. The van der Waals surface area contributed by atoms with Gasteiger partial charge < -0.3 is 16.0 Å². The first kappa shape index (κ1) is 20.1. The van der Waals surface area contributed by atoms with Crippen LogP contribution in [-0.4, -0.2) is 23.1 Å². The summed E-state index contributed by atoms with van der Waals surface area (Å²) >= 11 is 0. The highest BCUT2D eigenvalue weighted by molar-refractivity contribution is 5.90. The highest BCUT2D eigenvalue weighted by atomic mass is 19.1. The highest BCUT2D eigenvalue weighted by Gasteiger charge is 2.33. The number of rotatable bonds is 5. The van der Waals surface area contributed by atoms with E-state index >= 15 is 0 Å². The van der Waals surface area contributed by atoms with Crippen molar-refractivity contribution < 1.29 is 9.18 Å². The molecule has 1 aromatic heterocycles. The molecule has 1 saturated carbocycles. The van der Waals surface area contributed by atoms with Gasteiger partial charge in [-0.1, -0.05) is 19.3 Å². The molecule has 1 aliphatic rings. The normalized spacial score (nSPS) is 15.7. The summed E-state index contributed by atoms with van der Waals surface area (Å²) < 4.78 is 13.5. The number of anilines is 2. The van der Waals surface area contributed by atoms with E-state index < -0.39 is 0 Å². The van der Waals surface area contributed by atoms with E-state index in [0.29, 0.717) is 17.8 Å². The lowest BCUT2D eigenvalue weighted by molar-refractivity contribution is 0.218. The van der Waals surface area contributed by atoms with Crippen LogP contribution in [0.5, 0.6) is 0 Å². The predicted molar refractivity (Wildman–Crippen MR) is 111 cm³/mol. The summed E-state index contributed by atoms with van der Waals surface area (Å²) in [5.41, 5.74) is 4.07. The molecule has 0 bridgehead atoms. The third-order valence-electron chi connectivity index (χ3n) is 5.53. The molecule has 1 heterocycles. The van der Waals surface area contributed by atoms with Gasteiger partial charge in [0.1, 0.15) is 5.82 Å². The Balaban J connectivity index is 1.70. The van der Waals surface area contributed by atoms with Crippen LogP contribution in [0, 0.1) is 26.6 Å². The van der Waals surface area contributed by atoms with Crippen LogP contribution in [-0.2, 0) is 0 Å². The molecule has 0 unspecified atom stereocenters. The van der Waals surface area contributed by atoms with Gasteiger partial charge in [-0.15, -0.1) is 0 Å². The summed E-state index contributed by atoms with van der Waals surface area (Å²) in [5, 5.41) is 9.60. The van der Waals surface area contributed by atoms with E-state index in [2.05, 4.69) is 20.9 Å². The van der Waals surface area contributed by atoms with Gasteiger partial charge in [0.25, 0.3) is 0 Å². The van der Waals surface area contributed by atoms with Gasteiger partial charge in [-0.25, -0.2) is 9.18 Å². The Morgan fingerprint density at radius 1 is 1.07 bits per heavy atom. The van der Waals surface area contributed by atoms with Crippen LogP contribution in [0.2, 0.25) is 0 Å². The molecule has 1 fully saturated rings. The molecule has 6 heteroatoms. The number of pyridine rings is 1. The van der Waals surface area contributed by atoms with E-state index in [0.717, 1.165) is 42.5 Å². The molecule has 1 aromatic carbocycles. The van der Waals surface area contributed by atoms with Crippen molar-refractivity contribution in [2.75, 3.05) is 17.2 Å². The summed E-state index contributed by atoms with van der Waals surface area (Å²) in [5.74, 6) is -0.276. The van der Waals surface area contributed by atoms with Crippen molar-refractivity contribution in [3.8, 4) is 0 Å². The van der Waals surface area contributed by atoms with Gasteiger partial charge in [0.05, 0.1) is 5.54 Å². The Morgan fingerprint density at radius 2 is 1.75 bits per heavy atom. The molecular formula is C22H29FN4O. The van der Waals surface area contributed by atoms with E-state index in [1.54, 1.807) is 19.1 Å². The molecule has 3 N–H and O–H groups in total. The fourth-order valence-electron chi connectivity index (χ4n) is 3.94. The minimum absolute atomic E-state index is 0.252.